The first-order chi connectivity index (χ1) is 13.7. The molecule has 29 heavy (non-hydrogen) atoms. The highest BCUT2D eigenvalue weighted by molar-refractivity contribution is 7.91. The molecule has 6 nitrogen and oxygen atoms in total. The number of carbonyl (C=O) groups excluding carboxylic acids is 1. The first-order valence-corrected chi connectivity index (χ1v) is 12.6. The summed E-state index contributed by atoms with van der Waals surface area (Å²) in [4.78, 5) is 19.5. The average molecular weight is 442 g/mol. The molecule has 2 atom stereocenters. The van der Waals surface area contributed by atoms with E-state index in [0.29, 0.717) is 13.0 Å². The second kappa shape index (κ2) is 9.23. The maximum absolute atomic E-state index is 13.1. The zero-order valence-electron chi connectivity index (χ0n) is 17.6. The highest BCUT2D eigenvalue weighted by atomic mass is 35.5. The number of amides is 1. The molecule has 1 amide bonds. The van der Waals surface area contributed by atoms with Gasteiger partial charge in [0.1, 0.15) is 0 Å². The van der Waals surface area contributed by atoms with Crippen LogP contribution in [0.4, 0.5) is 5.69 Å². The molecule has 2 aliphatic rings. The van der Waals surface area contributed by atoms with Gasteiger partial charge in [-0.1, -0.05) is 24.6 Å². The molecular formula is C21H32ClN3O3S. The number of anilines is 1. The van der Waals surface area contributed by atoms with Gasteiger partial charge in [0, 0.05) is 49.0 Å². The fourth-order valence-corrected chi connectivity index (χ4v) is 6.22. The molecule has 162 valence electrons. The number of sulfone groups is 1. The molecule has 0 N–H and O–H groups in total. The predicted molar refractivity (Wildman–Crippen MR) is 118 cm³/mol. The lowest BCUT2D eigenvalue weighted by atomic mass is 10.1. The van der Waals surface area contributed by atoms with Gasteiger partial charge in [-0.25, -0.2) is 8.42 Å². The van der Waals surface area contributed by atoms with Crippen molar-refractivity contribution in [3.05, 3.63) is 28.8 Å². The van der Waals surface area contributed by atoms with Gasteiger partial charge in [-0.15, -0.1) is 0 Å². The van der Waals surface area contributed by atoms with E-state index in [-0.39, 0.29) is 29.5 Å². The molecule has 0 aromatic heterocycles. The van der Waals surface area contributed by atoms with Crippen molar-refractivity contribution >= 4 is 33.0 Å². The third kappa shape index (κ3) is 5.44. The van der Waals surface area contributed by atoms with E-state index in [1.54, 1.807) is 0 Å². The van der Waals surface area contributed by atoms with E-state index < -0.39 is 9.84 Å². The van der Waals surface area contributed by atoms with Crippen molar-refractivity contribution in [3.63, 3.8) is 0 Å². The Balaban J connectivity index is 1.61. The highest BCUT2D eigenvalue weighted by Gasteiger charge is 2.37. The SMILES string of the molecule is CC[C@H](C)N(C(=O)CN1CCN(c2cc(Cl)ccc2C)CC1)[C@H]1CCS(=O)(=O)C1. The highest BCUT2D eigenvalue weighted by Crippen LogP contribution is 2.26. The van der Waals surface area contributed by atoms with Crippen LogP contribution in [-0.4, -0.2) is 80.4 Å². The largest absolute Gasteiger partial charge is 0.369 e. The van der Waals surface area contributed by atoms with Crippen LogP contribution in [0.15, 0.2) is 18.2 Å². The van der Waals surface area contributed by atoms with Crippen molar-refractivity contribution in [3.8, 4) is 0 Å². The van der Waals surface area contributed by atoms with Crippen LogP contribution >= 0.6 is 11.6 Å². The Morgan fingerprint density at radius 2 is 1.97 bits per heavy atom. The van der Waals surface area contributed by atoms with E-state index >= 15 is 0 Å². The van der Waals surface area contributed by atoms with Crippen LogP contribution in [0.2, 0.25) is 5.02 Å². The van der Waals surface area contributed by atoms with Gasteiger partial charge in [0.2, 0.25) is 5.91 Å². The van der Waals surface area contributed by atoms with Gasteiger partial charge in [-0.3, -0.25) is 9.69 Å². The first kappa shape index (κ1) is 22.4. The lowest BCUT2D eigenvalue weighted by Crippen LogP contribution is -2.54. The number of carbonyl (C=O) groups is 1. The quantitative estimate of drug-likeness (QED) is 0.679. The zero-order chi connectivity index (χ0) is 21.2. The molecule has 0 unspecified atom stereocenters. The van der Waals surface area contributed by atoms with Crippen molar-refractivity contribution in [2.24, 2.45) is 0 Å². The van der Waals surface area contributed by atoms with Gasteiger partial charge >= 0.3 is 0 Å². The van der Waals surface area contributed by atoms with Gasteiger partial charge in [0.05, 0.1) is 18.1 Å². The van der Waals surface area contributed by atoms with Crippen LogP contribution in [-0.2, 0) is 14.6 Å². The molecule has 0 saturated carbocycles. The van der Waals surface area contributed by atoms with Crippen LogP contribution < -0.4 is 4.90 Å². The van der Waals surface area contributed by atoms with Crippen molar-refractivity contribution in [1.29, 1.82) is 0 Å². The molecule has 8 heteroatoms. The lowest BCUT2D eigenvalue weighted by molar-refractivity contribution is -0.136. The molecule has 2 saturated heterocycles. The number of benzene rings is 1. The minimum absolute atomic E-state index is 0.0498. The summed E-state index contributed by atoms with van der Waals surface area (Å²) in [6.45, 7) is 9.78. The van der Waals surface area contributed by atoms with Gasteiger partial charge in [0.25, 0.3) is 0 Å². The molecule has 1 aromatic rings. The van der Waals surface area contributed by atoms with E-state index in [0.717, 1.165) is 43.3 Å². The lowest BCUT2D eigenvalue weighted by Gasteiger charge is -2.39. The summed E-state index contributed by atoms with van der Waals surface area (Å²) in [5.74, 6) is 0.342. The molecule has 0 bridgehead atoms. The van der Waals surface area contributed by atoms with Gasteiger partial charge in [-0.05, 0) is 44.4 Å². The molecule has 2 heterocycles. The second-order valence-electron chi connectivity index (χ2n) is 8.31. The van der Waals surface area contributed by atoms with E-state index in [1.165, 1.54) is 5.56 Å². The van der Waals surface area contributed by atoms with Gasteiger partial charge in [0.15, 0.2) is 9.84 Å². The normalized spacial score (nSPS) is 23.2. The molecule has 0 radical (unpaired) electrons. The van der Waals surface area contributed by atoms with E-state index in [4.69, 9.17) is 11.6 Å². The van der Waals surface area contributed by atoms with Crippen LogP contribution in [0.5, 0.6) is 0 Å². The Hall–Kier alpha value is -1.31. The van der Waals surface area contributed by atoms with Crippen LogP contribution in [0, 0.1) is 6.92 Å². The Labute approximate surface area is 179 Å². The maximum Gasteiger partial charge on any atom is 0.237 e. The fourth-order valence-electron chi connectivity index (χ4n) is 4.34. The monoisotopic (exact) mass is 441 g/mol. The summed E-state index contributed by atoms with van der Waals surface area (Å²) in [6, 6.07) is 5.81. The second-order valence-corrected chi connectivity index (χ2v) is 11.0. The summed E-state index contributed by atoms with van der Waals surface area (Å²) in [5, 5.41) is 0.735. The van der Waals surface area contributed by atoms with E-state index in [2.05, 4.69) is 16.7 Å². The number of rotatable bonds is 6. The molecule has 2 fully saturated rings. The standard InChI is InChI=1S/C21H32ClN3O3S/c1-4-17(3)25(19-7-12-29(27,28)15-19)21(26)14-23-8-10-24(11-9-23)20-13-18(22)6-5-16(20)2/h5-6,13,17,19H,4,7-12,14-15H2,1-3H3/t17-,19-/m0/s1. The number of piperazine rings is 1. The van der Waals surface area contributed by atoms with Crippen molar-refractivity contribution < 1.29 is 13.2 Å². The third-order valence-corrected chi connectivity index (χ3v) is 8.18. The third-order valence-electron chi connectivity index (χ3n) is 6.20. The summed E-state index contributed by atoms with van der Waals surface area (Å²) in [6.07, 6.45) is 1.38. The molecule has 2 aliphatic heterocycles. The summed E-state index contributed by atoms with van der Waals surface area (Å²) in [7, 11) is -3.02. The van der Waals surface area contributed by atoms with E-state index in [9.17, 15) is 13.2 Å². The minimum Gasteiger partial charge on any atom is -0.369 e. The summed E-state index contributed by atoms with van der Waals surface area (Å²) in [5.41, 5.74) is 2.35. The summed E-state index contributed by atoms with van der Waals surface area (Å²) >= 11 is 6.16. The average Bonchev–Trinajstić information content (AvgIpc) is 3.03. The molecule has 0 aliphatic carbocycles. The number of halogens is 1. The van der Waals surface area contributed by atoms with Crippen molar-refractivity contribution in [1.82, 2.24) is 9.80 Å². The number of aryl methyl sites for hydroxylation is 1. The first-order valence-electron chi connectivity index (χ1n) is 10.4. The van der Waals surface area contributed by atoms with Crippen LogP contribution in [0.1, 0.15) is 32.3 Å². The number of hydrogen-bond donors (Lipinski definition) is 0. The molecule has 3 rings (SSSR count). The van der Waals surface area contributed by atoms with Gasteiger partial charge < -0.3 is 9.80 Å². The smallest absolute Gasteiger partial charge is 0.237 e. The van der Waals surface area contributed by atoms with Gasteiger partial charge in [-0.2, -0.15) is 0 Å². The zero-order valence-corrected chi connectivity index (χ0v) is 19.2. The number of nitrogens with zero attached hydrogens (tertiary/aromatic N) is 3. The van der Waals surface area contributed by atoms with E-state index in [1.807, 2.05) is 36.9 Å². The van der Waals surface area contributed by atoms with Crippen LogP contribution in [0.3, 0.4) is 0 Å². The molecule has 1 aromatic carbocycles. The fraction of sp³-hybridized carbons (Fsp3) is 0.667. The summed E-state index contributed by atoms with van der Waals surface area (Å²) < 4.78 is 23.9. The Morgan fingerprint density at radius 1 is 1.28 bits per heavy atom. The number of hydrogen-bond acceptors (Lipinski definition) is 5. The van der Waals surface area contributed by atoms with Crippen LogP contribution in [0.25, 0.3) is 0 Å². The van der Waals surface area contributed by atoms with Crippen molar-refractivity contribution in [2.75, 3.05) is 49.1 Å². The Bertz CT molecular complexity index is 838. The Kier molecular flexibility index (Phi) is 7.12. The minimum atomic E-state index is -3.02. The topological polar surface area (TPSA) is 60.9 Å². The Morgan fingerprint density at radius 3 is 2.55 bits per heavy atom. The molecule has 0 spiro atoms. The predicted octanol–water partition coefficient (Wildman–Crippen LogP) is 2.58. The van der Waals surface area contributed by atoms with Crippen molar-refractivity contribution in [2.45, 2.75) is 45.7 Å². The molecular weight excluding hydrogens is 410 g/mol. The maximum atomic E-state index is 13.1.